The van der Waals surface area contributed by atoms with Gasteiger partial charge in [0.25, 0.3) is 0 Å². The molecule has 0 atom stereocenters. The molecule has 3 aromatic rings. The number of nitrogens with one attached hydrogen (secondary N) is 1. The molecule has 0 saturated heterocycles. The topological polar surface area (TPSA) is 71.7 Å². The lowest BCUT2D eigenvalue weighted by molar-refractivity contribution is 0.0699. The summed E-state index contributed by atoms with van der Waals surface area (Å²) in [4.78, 5) is 11.9. The van der Waals surface area contributed by atoms with E-state index in [1.54, 1.807) is 12.1 Å². The molecule has 0 bridgehead atoms. The Balaban J connectivity index is 2.25. The fourth-order valence-electron chi connectivity index (χ4n) is 2.82. The lowest BCUT2D eigenvalue weighted by Gasteiger charge is -2.15. The number of benzene rings is 2. The highest BCUT2D eigenvalue weighted by Crippen LogP contribution is 2.39. The Kier molecular flexibility index (Phi) is 4.84. The summed E-state index contributed by atoms with van der Waals surface area (Å²) in [6.45, 7) is 6.43. The highest BCUT2D eigenvalue weighted by Gasteiger charge is 2.23. The number of fused-ring (bicyclic) bond motifs is 1. The minimum absolute atomic E-state index is 0.0308. The summed E-state index contributed by atoms with van der Waals surface area (Å²) in [6, 6.07) is 8.94. The van der Waals surface area contributed by atoms with Crippen molar-refractivity contribution >= 4 is 22.6 Å². The molecule has 6 heteroatoms. The molecule has 0 saturated carbocycles. The van der Waals surface area contributed by atoms with Crippen LogP contribution in [0.4, 0.5) is 10.1 Å². The van der Waals surface area contributed by atoms with Gasteiger partial charge in [0, 0.05) is 23.6 Å². The van der Waals surface area contributed by atoms with Crippen LogP contribution in [0, 0.1) is 5.82 Å². The van der Waals surface area contributed by atoms with Crippen LogP contribution in [-0.2, 0) is 0 Å². The number of carbonyl (C=O) groups is 1. The van der Waals surface area contributed by atoms with Crippen molar-refractivity contribution in [1.29, 1.82) is 0 Å². The predicted molar refractivity (Wildman–Crippen MR) is 98.5 cm³/mol. The van der Waals surface area contributed by atoms with Gasteiger partial charge in [-0.2, -0.15) is 0 Å². The Bertz CT molecular complexity index is 945. The van der Waals surface area contributed by atoms with Crippen LogP contribution in [0.3, 0.4) is 0 Å². The zero-order valence-corrected chi connectivity index (χ0v) is 14.8. The van der Waals surface area contributed by atoms with Gasteiger partial charge in [-0.1, -0.05) is 0 Å². The van der Waals surface area contributed by atoms with Crippen molar-refractivity contribution in [1.82, 2.24) is 0 Å². The van der Waals surface area contributed by atoms with Gasteiger partial charge in [-0.15, -0.1) is 0 Å². The third kappa shape index (κ3) is 3.35. The zero-order valence-electron chi connectivity index (χ0n) is 14.8. The van der Waals surface area contributed by atoms with Crippen molar-refractivity contribution in [3.8, 4) is 17.1 Å². The molecule has 26 heavy (non-hydrogen) atoms. The Morgan fingerprint density at radius 3 is 2.54 bits per heavy atom. The van der Waals surface area contributed by atoms with Gasteiger partial charge in [-0.3, -0.25) is 0 Å². The second kappa shape index (κ2) is 7.07. The molecule has 0 aliphatic rings. The number of rotatable bonds is 6. The third-order valence-electron chi connectivity index (χ3n) is 3.84. The SMILES string of the molecule is CCNc1cc2oc(-c3ccc(F)cc3)c(C(=O)O)c2cc1OC(C)C. The van der Waals surface area contributed by atoms with E-state index in [-0.39, 0.29) is 17.4 Å². The van der Waals surface area contributed by atoms with Crippen LogP contribution in [0.15, 0.2) is 40.8 Å². The fraction of sp³-hybridized carbons (Fsp3) is 0.250. The molecular weight excluding hydrogens is 337 g/mol. The van der Waals surface area contributed by atoms with Gasteiger partial charge in [0.05, 0.1) is 11.8 Å². The molecule has 0 unspecified atom stereocenters. The monoisotopic (exact) mass is 357 g/mol. The number of carboxylic acid groups (broad SMARTS) is 1. The second-order valence-electron chi connectivity index (χ2n) is 6.16. The Labute approximate surface area is 150 Å². The Morgan fingerprint density at radius 2 is 1.96 bits per heavy atom. The number of aromatic carboxylic acids is 1. The van der Waals surface area contributed by atoms with Gasteiger partial charge in [-0.25, -0.2) is 9.18 Å². The van der Waals surface area contributed by atoms with Crippen LogP contribution in [0.2, 0.25) is 0 Å². The molecule has 2 N–H and O–H groups in total. The first-order valence-electron chi connectivity index (χ1n) is 8.41. The summed E-state index contributed by atoms with van der Waals surface area (Å²) in [7, 11) is 0. The summed E-state index contributed by atoms with van der Waals surface area (Å²) in [5.41, 5.74) is 1.68. The molecule has 0 aliphatic carbocycles. The molecule has 1 aromatic heterocycles. The normalized spacial score (nSPS) is 11.1. The van der Waals surface area contributed by atoms with Crippen LogP contribution >= 0.6 is 0 Å². The van der Waals surface area contributed by atoms with Gasteiger partial charge in [0.1, 0.15) is 28.5 Å². The lowest BCUT2D eigenvalue weighted by Crippen LogP contribution is -2.08. The van der Waals surface area contributed by atoms with Crippen LogP contribution < -0.4 is 10.1 Å². The molecule has 1 heterocycles. The van der Waals surface area contributed by atoms with Crippen molar-refractivity contribution in [3.63, 3.8) is 0 Å². The number of carboxylic acids is 1. The number of anilines is 1. The predicted octanol–water partition coefficient (Wildman–Crippen LogP) is 5.16. The first kappa shape index (κ1) is 17.8. The smallest absolute Gasteiger partial charge is 0.340 e. The molecule has 0 spiro atoms. The average molecular weight is 357 g/mol. The van der Waals surface area contributed by atoms with E-state index in [2.05, 4.69) is 5.32 Å². The van der Waals surface area contributed by atoms with E-state index in [4.69, 9.17) is 9.15 Å². The van der Waals surface area contributed by atoms with E-state index in [1.807, 2.05) is 20.8 Å². The molecule has 136 valence electrons. The van der Waals surface area contributed by atoms with E-state index in [0.717, 1.165) is 5.69 Å². The van der Waals surface area contributed by atoms with Crippen molar-refractivity contribution in [3.05, 3.63) is 47.8 Å². The van der Waals surface area contributed by atoms with E-state index < -0.39 is 11.8 Å². The Morgan fingerprint density at radius 1 is 1.27 bits per heavy atom. The number of furan rings is 1. The maximum Gasteiger partial charge on any atom is 0.340 e. The summed E-state index contributed by atoms with van der Waals surface area (Å²) in [6.07, 6.45) is -0.0680. The number of ether oxygens (including phenoxy) is 1. The van der Waals surface area contributed by atoms with E-state index in [9.17, 15) is 14.3 Å². The lowest BCUT2D eigenvalue weighted by atomic mass is 10.0. The highest BCUT2D eigenvalue weighted by molar-refractivity contribution is 6.09. The average Bonchev–Trinajstić information content (AvgIpc) is 2.94. The third-order valence-corrected chi connectivity index (χ3v) is 3.84. The molecule has 0 amide bonds. The number of hydrogen-bond donors (Lipinski definition) is 2. The van der Waals surface area contributed by atoms with Crippen LogP contribution in [-0.4, -0.2) is 23.7 Å². The maximum absolute atomic E-state index is 13.2. The fourth-order valence-corrected chi connectivity index (χ4v) is 2.82. The summed E-state index contributed by atoms with van der Waals surface area (Å²) >= 11 is 0. The van der Waals surface area contributed by atoms with Crippen LogP contribution in [0.1, 0.15) is 31.1 Å². The van der Waals surface area contributed by atoms with Crippen molar-refractivity contribution in [2.75, 3.05) is 11.9 Å². The first-order valence-corrected chi connectivity index (χ1v) is 8.41. The minimum Gasteiger partial charge on any atom is -0.489 e. The molecular formula is C20H20FNO4. The molecule has 0 fully saturated rings. The van der Waals surface area contributed by atoms with Gasteiger partial charge < -0.3 is 19.6 Å². The zero-order chi connectivity index (χ0) is 18.8. The van der Waals surface area contributed by atoms with Crippen molar-refractivity contribution in [2.24, 2.45) is 0 Å². The second-order valence-corrected chi connectivity index (χ2v) is 6.16. The van der Waals surface area contributed by atoms with E-state index in [1.165, 1.54) is 24.3 Å². The standard InChI is InChI=1S/C20H20FNO4/c1-4-22-15-10-16-14(9-17(15)25-11(2)3)18(20(23)24)19(26-16)12-5-7-13(21)8-6-12/h5-11,22H,4H2,1-3H3,(H,23,24). The van der Waals surface area contributed by atoms with E-state index in [0.29, 0.717) is 28.8 Å². The van der Waals surface area contributed by atoms with Gasteiger partial charge in [-0.05, 0) is 51.1 Å². The highest BCUT2D eigenvalue weighted by atomic mass is 19.1. The summed E-state index contributed by atoms with van der Waals surface area (Å²) in [5, 5.41) is 13.4. The largest absolute Gasteiger partial charge is 0.489 e. The molecule has 0 radical (unpaired) electrons. The van der Waals surface area contributed by atoms with Gasteiger partial charge in [0.2, 0.25) is 0 Å². The summed E-state index contributed by atoms with van der Waals surface area (Å²) in [5.74, 6) is -0.765. The minimum atomic E-state index is -1.12. The molecule has 3 rings (SSSR count). The Hall–Kier alpha value is -3.02. The van der Waals surface area contributed by atoms with E-state index >= 15 is 0 Å². The van der Waals surface area contributed by atoms with Crippen LogP contribution in [0.5, 0.6) is 5.75 Å². The molecule has 0 aliphatic heterocycles. The van der Waals surface area contributed by atoms with Crippen LogP contribution in [0.25, 0.3) is 22.3 Å². The molecule has 5 nitrogen and oxygen atoms in total. The quantitative estimate of drug-likeness (QED) is 0.638. The maximum atomic E-state index is 13.2. The number of halogens is 1. The number of hydrogen-bond acceptors (Lipinski definition) is 4. The van der Waals surface area contributed by atoms with Crippen molar-refractivity contribution < 1.29 is 23.4 Å². The molecule has 2 aromatic carbocycles. The van der Waals surface area contributed by atoms with Crippen molar-refractivity contribution in [2.45, 2.75) is 26.9 Å². The van der Waals surface area contributed by atoms with Gasteiger partial charge in [0.15, 0.2) is 0 Å². The van der Waals surface area contributed by atoms with Gasteiger partial charge >= 0.3 is 5.97 Å². The summed E-state index contributed by atoms with van der Waals surface area (Å²) < 4.78 is 24.9. The first-order chi connectivity index (χ1) is 12.4.